The second kappa shape index (κ2) is 6.44. The molecule has 0 aliphatic heterocycles. The molecule has 2 N–H and O–H groups in total. The van der Waals surface area contributed by atoms with Crippen LogP contribution in [-0.4, -0.2) is 20.6 Å². The van der Waals surface area contributed by atoms with E-state index in [4.69, 9.17) is 10.3 Å². The van der Waals surface area contributed by atoms with Gasteiger partial charge in [-0.15, -0.1) is 0 Å². The number of hydrogen-bond donors (Lipinski definition) is 1. The molecule has 0 aliphatic rings. The number of fused-ring (bicyclic) bond motifs is 1. The molecule has 0 atom stereocenters. The number of nitrogens with zero attached hydrogens (tertiary/aromatic N) is 3. The Balaban J connectivity index is 1.60. The van der Waals surface area contributed by atoms with E-state index >= 15 is 0 Å². The molecule has 4 aromatic rings. The van der Waals surface area contributed by atoms with Crippen LogP contribution in [0.2, 0.25) is 0 Å². The van der Waals surface area contributed by atoms with Gasteiger partial charge < -0.3 is 14.8 Å². The van der Waals surface area contributed by atoms with E-state index < -0.39 is 5.91 Å². The normalized spacial score (nSPS) is 11.1. The minimum atomic E-state index is -0.489. The number of carbonyl (C=O) groups excluding carboxylic acids is 1. The van der Waals surface area contributed by atoms with E-state index in [-0.39, 0.29) is 5.82 Å². The minimum absolute atomic E-state index is 0.302. The van der Waals surface area contributed by atoms with Gasteiger partial charge in [0, 0.05) is 23.5 Å². The fourth-order valence-corrected chi connectivity index (χ4v) is 2.98. The number of halogens is 1. The number of amides is 1. The van der Waals surface area contributed by atoms with Crippen LogP contribution in [0.5, 0.6) is 0 Å². The number of nitrogens with two attached hydrogens (primary N) is 1. The molecule has 26 heavy (non-hydrogen) atoms. The third kappa shape index (κ3) is 3.06. The molecule has 0 unspecified atom stereocenters. The molecule has 130 valence electrons. The molecule has 0 fully saturated rings. The SMILES string of the molecule is NC(=O)c1cn(Cc2nc(Cc3cccc(F)c3)no2)c2ccccc12. The van der Waals surface area contributed by atoms with Crippen LogP contribution < -0.4 is 5.73 Å². The van der Waals surface area contributed by atoms with Crippen molar-refractivity contribution in [1.29, 1.82) is 0 Å². The maximum absolute atomic E-state index is 13.3. The second-order valence-electron chi connectivity index (χ2n) is 5.96. The Bertz CT molecular complexity index is 1100. The largest absolute Gasteiger partial charge is 0.366 e. The molecule has 0 saturated heterocycles. The standard InChI is InChI=1S/C19H15FN4O2/c20-13-5-3-4-12(8-13)9-17-22-18(26-23-17)11-24-10-15(19(21)25)14-6-1-2-7-16(14)24/h1-8,10H,9,11H2,(H2,21,25). The summed E-state index contributed by atoms with van der Waals surface area (Å²) in [4.78, 5) is 16.0. The molecule has 2 aromatic carbocycles. The monoisotopic (exact) mass is 350 g/mol. The van der Waals surface area contributed by atoms with Crippen LogP contribution in [0, 0.1) is 5.82 Å². The zero-order valence-corrected chi connectivity index (χ0v) is 13.7. The van der Waals surface area contributed by atoms with Crippen molar-refractivity contribution in [2.45, 2.75) is 13.0 Å². The van der Waals surface area contributed by atoms with Crippen molar-refractivity contribution in [3.8, 4) is 0 Å². The highest BCUT2D eigenvalue weighted by Gasteiger charge is 2.15. The summed E-state index contributed by atoms with van der Waals surface area (Å²) in [7, 11) is 0. The van der Waals surface area contributed by atoms with Gasteiger partial charge >= 0.3 is 0 Å². The third-order valence-corrected chi connectivity index (χ3v) is 4.12. The van der Waals surface area contributed by atoms with Crippen LogP contribution in [-0.2, 0) is 13.0 Å². The van der Waals surface area contributed by atoms with Crippen molar-refractivity contribution in [3.63, 3.8) is 0 Å². The molecule has 0 radical (unpaired) electrons. The van der Waals surface area contributed by atoms with E-state index in [1.807, 2.05) is 28.8 Å². The highest BCUT2D eigenvalue weighted by molar-refractivity contribution is 6.06. The molecule has 2 aromatic heterocycles. The maximum Gasteiger partial charge on any atom is 0.250 e. The molecule has 0 spiro atoms. The quantitative estimate of drug-likeness (QED) is 0.599. The van der Waals surface area contributed by atoms with Crippen molar-refractivity contribution < 1.29 is 13.7 Å². The fourth-order valence-electron chi connectivity index (χ4n) is 2.98. The molecule has 0 bridgehead atoms. The lowest BCUT2D eigenvalue weighted by Crippen LogP contribution is -2.10. The van der Waals surface area contributed by atoms with Gasteiger partial charge in [0.05, 0.1) is 5.56 Å². The van der Waals surface area contributed by atoms with Gasteiger partial charge in [0.25, 0.3) is 5.91 Å². The summed E-state index contributed by atoms with van der Waals surface area (Å²) in [6, 6.07) is 13.7. The van der Waals surface area contributed by atoms with Gasteiger partial charge in [0.2, 0.25) is 5.89 Å². The van der Waals surface area contributed by atoms with Gasteiger partial charge in [-0.05, 0) is 23.8 Å². The smallest absolute Gasteiger partial charge is 0.250 e. The average molecular weight is 350 g/mol. The van der Waals surface area contributed by atoms with Gasteiger partial charge in [0.15, 0.2) is 5.82 Å². The summed E-state index contributed by atoms with van der Waals surface area (Å²) in [6.07, 6.45) is 2.06. The number of hydrogen-bond acceptors (Lipinski definition) is 4. The van der Waals surface area contributed by atoms with E-state index in [1.165, 1.54) is 12.1 Å². The summed E-state index contributed by atoms with van der Waals surface area (Å²) in [6.45, 7) is 0.309. The van der Waals surface area contributed by atoms with E-state index in [0.717, 1.165) is 16.5 Å². The number of carbonyl (C=O) groups is 1. The van der Waals surface area contributed by atoms with Crippen LogP contribution in [0.15, 0.2) is 59.3 Å². The molecule has 7 heteroatoms. The van der Waals surface area contributed by atoms with E-state index in [2.05, 4.69) is 10.1 Å². The Morgan fingerprint density at radius 3 is 2.85 bits per heavy atom. The average Bonchev–Trinajstić information content (AvgIpc) is 3.20. The molecule has 2 heterocycles. The Morgan fingerprint density at radius 1 is 1.19 bits per heavy atom. The summed E-state index contributed by atoms with van der Waals surface area (Å²) in [5.41, 5.74) is 7.52. The number of benzene rings is 2. The van der Waals surface area contributed by atoms with Crippen molar-refractivity contribution in [3.05, 3.63) is 83.4 Å². The van der Waals surface area contributed by atoms with Gasteiger partial charge in [-0.25, -0.2) is 4.39 Å². The van der Waals surface area contributed by atoms with E-state index in [0.29, 0.717) is 30.2 Å². The molecule has 1 amide bonds. The highest BCUT2D eigenvalue weighted by Crippen LogP contribution is 2.22. The number of aromatic nitrogens is 3. The second-order valence-corrected chi connectivity index (χ2v) is 5.96. The topological polar surface area (TPSA) is 86.9 Å². The fraction of sp³-hybridized carbons (Fsp3) is 0.105. The number of primary amides is 1. The predicted octanol–water partition coefficient (Wildman–Crippen LogP) is 2.90. The number of para-hydroxylation sites is 1. The van der Waals surface area contributed by atoms with Gasteiger partial charge in [-0.1, -0.05) is 35.5 Å². The van der Waals surface area contributed by atoms with Gasteiger partial charge in [0.1, 0.15) is 12.4 Å². The van der Waals surface area contributed by atoms with Crippen molar-refractivity contribution >= 4 is 16.8 Å². The first kappa shape index (κ1) is 16.0. The Hall–Kier alpha value is -3.48. The van der Waals surface area contributed by atoms with Gasteiger partial charge in [-0.2, -0.15) is 4.98 Å². The Morgan fingerprint density at radius 2 is 2.04 bits per heavy atom. The lowest BCUT2D eigenvalue weighted by molar-refractivity contribution is 0.100. The van der Waals surface area contributed by atoms with Crippen molar-refractivity contribution in [2.24, 2.45) is 5.73 Å². The van der Waals surface area contributed by atoms with Crippen LogP contribution in [0.3, 0.4) is 0 Å². The molecule has 0 saturated carbocycles. The molecular formula is C19H15FN4O2. The molecule has 4 rings (SSSR count). The zero-order valence-electron chi connectivity index (χ0n) is 13.7. The van der Waals surface area contributed by atoms with Crippen LogP contribution in [0.25, 0.3) is 10.9 Å². The van der Waals surface area contributed by atoms with E-state index in [9.17, 15) is 9.18 Å². The summed E-state index contributed by atoms with van der Waals surface area (Å²) in [5.74, 6) is 0.0756. The summed E-state index contributed by atoms with van der Waals surface area (Å²) < 4.78 is 20.4. The first-order valence-corrected chi connectivity index (χ1v) is 8.04. The minimum Gasteiger partial charge on any atom is -0.366 e. The first-order valence-electron chi connectivity index (χ1n) is 8.04. The summed E-state index contributed by atoms with van der Waals surface area (Å²) in [5, 5.41) is 4.72. The zero-order chi connectivity index (χ0) is 18.1. The number of rotatable bonds is 5. The molecule has 0 aliphatic carbocycles. The van der Waals surface area contributed by atoms with Crippen molar-refractivity contribution in [2.75, 3.05) is 0 Å². The summed E-state index contributed by atoms with van der Waals surface area (Å²) >= 11 is 0. The lowest BCUT2D eigenvalue weighted by atomic mass is 10.1. The third-order valence-electron chi connectivity index (χ3n) is 4.12. The highest BCUT2D eigenvalue weighted by atomic mass is 19.1. The molecule has 6 nitrogen and oxygen atoms in total. The van der Waals surface area contributed by atoms with Crippen LogP contribution >= 0.6 is 0 Å². The first-order chi connectivity index (χ1) is 12.6. The Kier molecular flexibility index (Phi) is 3.96. The lowest BCUT2D eigenvalue weighted by Gasteiger charge is -2.00. The predicted molar refractivity (Wildman–Crippen MR) is 93.1 cm³/mol. The van der Waals surface area contributed by atoms with E-state index in [1.54, 1.807) is 18.3 Å². The van der Waals surface area contributed by atoms with Crippen LogP contribution in [0.4, 0.5) is 4.39 Å². The molecular weight excluding hydrogens is 335 g/mol. The van der Waals surface area contributed by atoms with Crippen molar-refractivity contribution in [1.82, 2.24) is 14.7 Å². The Labute approximate surface area is 148 Å². The maximum atomic E-state index is 13.3. The van der Waals surface area contributed by atoms with Gasteiger partial charge in [-0.3, -0.25) is 4.79 Å². The van der Waals surface area contributed by atoms with Crippen LogP contribution in [0.1, 0.15) is 27.6 Å².